The van der Waals surface area contributed by atoms with Gasteiger partial charge in [0, 0.05) is 14.7 Å². The molecule has 0 radical (unpaired) electrons. The lowest BCUT2D eigenvalue weighted by Gasteiger charge is -2.17. The van der Waals surface area contributed by atoms with Gasteiger partial charge in [-0.25, -0.2) is 8.42 Å². The van der Waals surface area contributed by atoms with Crippen molar-refractivity contribution in [2.75, 3.05) is 7.11 Å². The van der Waals surface area contributed by atoms with E-state index < -0.39 is 8.27 Å². The molecule has 0 aliphatic heterocycles. The molecule has 0 N–H and O–H groups in total. The van der Waals surface area contributed by atoms with E-state index in [1.54, 1.807) is 13.2 Å². The molecule has 0 aromatic heterocycles. The predicted molar refractivity (Wildman–Crippen MR) is 122 cm³/mol. The molecule has 3 nitrogen and oxygen atoms in total. The fourth-order valence-electron chi connectivity index (χ4n) is 3.42. The summed E-state index contributed by atoms with van der Waals surface area (Å²) in [5.74, 6) is 0.637. The van der Waals surface area contributed by atoms with Crippen molar-refractivity contribution < 1.29 is 13.2 Å². The fraction of sp³-hybridized carbons (Fsp3) is 0.0476. The molecule has 0 atom stereocenters. The Hall–Kier alpha value is -1.64. The quantitative estimate of drug-likeness (QED) is 0.219. The summed E-state index contributed by atoms with van der Waals surface area (Å²) < 4.78 is 31.8. The Balaban J connectivity index is 2.26. The molecule has 0 spiro atoms. The van der Waals surface area contributed by atoms with Crippen LogP contribution in [0.3, 0.4) is 0 Å². The zero-order valence-electron chi connectivity index (χ0n) is 14.2. The number of methoxy groups -OCH3 is 1. The lowest BCUT2D eigenvalue weighted by Crippen LogP contribution is -1.98. The van der Waals surface area contributed by atoms with E-state index in [-0.39, 0.29) is 4.90 Å². The summed E-state index contributed by atoms with van der Waals surface area (Å²) in [5.41, 5.74) is 1.43. The Labute approximate surface area is 178 Å². The van der Waals surface area contributed by atoms with Gasteiger partial charge in [-0.1, -0.05) is 42.5 Å². The Morgan fingerprint density at radius 1 is 0.852 bits per heavy atom. The van der Waals surface area contributed by atoms with Crippen molar-refractivity contribution in [1.82, 2.24) is 0 Å². The van der Waals surface area contributed by atoms with E-state index in [9.17, 15) is 8.42 Å². The van der Waals surface area contributed by atoms with Gasteiger partial charge in [-0.2, -0.15) is 0 Å². The van der Waals surface area contributed by atoms with Crippen molar-refractivity contribution in [3.63, 3.8) is 0 Å². The zero-order valence-corrected chi connectivity index (χ0v) is 18.8. The summed E-state index contributed by atoms with van der Waals surface area (Å²) in [7, 11) is -2.02. The standard InChI is InChI=1S/C21H14BrIO3S/c1-26-18-10-6-14-12-15(23)8-9-17(14)20(18)21-16-5-3-2-4-13(16)7-11-19(21)27(22,24)25/h2-12H,1H3. The van der Waals surface area contributed by atoms with Crippen molar-refractivity contribution in [3.8, 4) is 16.9 Å². The van der Waals surface area contributed by atoms with E-state index in [4.69, 9.17) is 4.74 Å². The van der Waals surface area contributed by atoms with Crippen LogP contribution in [0.15, 0.2) is 71.6 Å². The van der Waals surface area contributed by atoms with Gasteiger partial charge >= 0.3 is 0 Å². The van der Waals surface area contributed by atoms with Crippen LogP contribution in [0.2, 0.25) is 0 Å². The van der Waals surface area contributed by atoms with E-state index in [1.165, 1.54) is 0 Å². The smallest absolute Gasteiger partial charge is 0.238 e. The first-order chi connectivity index (χ1) is 12.9. The number of rotatable bonds is 3. The number of hydrogen-bond donors (Lipinski definition) is 0. The van der Waals surface area contributed by atoms with Crippen LogP contribution in [-0.2, 0) is 8.27 Å². The first-order valence-corrected chi connectivity index (χ1v) is 12.5. The topological polar surface area (TPSA) is 43.4 Å². The third-order valence-electron chi connectivity index (χ3n) is 4.57. The van der Waals surface area contributed by atoms with Gasteiger partial charge in [0.25, 0.3) is 0 Å². The van der Waals surface area contributed by atoms with Gasteiger partial charge in [-0.3, -0.25) is 0 Å². The molecule has 0 aliphatic carbocycles. The maximum absolute atomic E-state index is 12.5. The van der Waals surface area contributed by atoms with Crippen molar-refractivity contribution in [2.45, 2.75) is 4.90 Å². The average Bonchev–Trinajstić information content (AvgIpc) is 2.65. The van der Waals surface area contributed by atoms with Gasteiger partial charge in [0.2, 0.25) is 8.27 Å². The molecule has 0 bridgehead atoms. The Bertz CT molecular complexity index is 1300. The minimum atomic E-state index is -3.62. The van der Waals surface area contributed by atoms with Crippen molar-refractivity contribution >= 4 is 67.2 Å². The van der Waals surface area contributed by atoms with Gasteiger partial charge in [0.05, 0.1) is 26.8 Å². The van der Waals surface area contributed by atoms with Crippen molar-refractivity contribution in [3.05, 3.63) is 70.3 Å². The van der Waals surface area contributed by atoms with Gasteiger partial charge in [-0.05, 0) is 68.4 Å². The second kappa shape index (κ2) is 7.07. The molecule has 4 aromatic carbocycles. The molecule has 27 heavy (non-hydrogen) atoms. The van der Waals surface area contributed by atoms with Crippen LogP contribution in [0, 0.1) is 3.57 Å². The van der Waals surface area contributed by atoms with Crippen LogP contribution in [0.25, 0.3) is 32.7 Å². The Kier molecular flexibility index (Phi) is 4.90. The number of halogens is 2. The maximum Gasteiger partial charge on any atom is 0.238 e. The summed E-state index contributed by atoms with van der Waals surface area (Å²) in [6.45, 7) is 0. The van der Waals surface area contributed by atoms with Crippen LogP contribution in [0.1, 0.15) is 0 Å². The van der Waals surface area contributed by atoms with Gasteiger partial charge < -0.3 is 4.74 Å². The number of ether oxygens (including phenoxy) is 1. The third-order valence-corrected chi connectivity index (χ3v) is 7.15. The third kappa shape index (κ3) is 3.34. The molecule has 0 fully saturated rings. The number of fused-ring (bicyclic) bond motifs is 2. The van der Waals surface area contributed by atoms with Crippen LogP contribution in [0.5, 0.6) is 5.75 Å². The predicted octanol–water partition coefficient (Wildman–Crippen LogP) is 6.36. The molecular formula is C21H14BrIO3S. The highest BCUT2D eigenvalue weighted by molar-refractivity contribution is 14.1. The molecule has 0 amide bonds. The summed E-state index contributed by atoms with van der Waals surface area (Å²) in [4.78, 5) is 0.227. The highest BCUT2D eigenvalue weighted by atomic mass is 127. The average molecular weight is 553 g/mol. The van der Waals surface area contributed by atoms with Crippen molar-refractivity contribution in [2.24, 2.45) is 0 Å². The van der Waals surface area contributed by atoms with Gasteiger partial charge in [-0.15, -0.1) is 0 Å². The first-order valence-electron chi connectivity index (χ1n) is 8.13. The van der Waals surface area contributed by atoms with E-state index in [0.29, 0.717) is 11.3 Å². The molecule has 0 aliphatic rings. The summed E-state index contributed by atoms with van der Waals surface area (Å²) in [6, 6.07) is 21.2. The monoisotopic (exact) mass is 552 g/mol. The molecule has 4 aromatic rings. The van der Waals surface area contributed by atoms with E-state index >= 15 is 0 Å². The van der Waals surface area contributed by atoms with E-state index in [0.717, 1.165) is 30.7 Å². The van der Waals surface area contributed by atoms with Crippen LogP contribution < -0.4 is 4.74 Å². The highest BCUT2D eigenvalue weighted by Gasteiger charge is 2.23. The van der Waals surface area contributed by atoms with E-state index in [1.807, 2.05) is 54.6 Å². The number of hydrogen-bond acceptors (Lipinski definition) is 3. The zero-order chi connectivity index (χ0) is 19.2. The molecule has 0 unspecified atom stereocenters. The fourth-order valence-corrected chi connectivity index (χ4v) is 5.43. The van der Waals surface area contributed by atoms with Crippen LogP contribution in [0.4, 0.5) is 0 Å². The van der Waals surface area contributed by atoms with Crippen LogP contribution >= 0.6 is 37.4 Å². The van der Waals surface area contributed by atoms with Crippen LogP contribution in [-0.4, -0.2) is 15.5 Å². The maximum atomic E-state index is 12.5. The molecule has 0 heterocycles. The molecule has 0 saturated carbocycles. The largest absolute Gasteiger partial charge is 0.496 e. The van der Waals surface area contributed by atoms with Gasteiger partial charge in [0.15, 0.2) is 0 Å². The minimum absolute atomic E-state index is 0.227. The van der Waals surface area contributed by atoms with Gasteiger partial charge in [0.1, 0.15) is 5.75 Å². The molecular weight excluding hydrogens is 539 g/mol. The Morgan fingerprint density at radius 3 is 2.30 bits per heavy atom. The molecule has 4 rings (SSSR count). The summed E-state index contributed by atoms with van der Waals surface area (Å²) in [5, 5.41) is 3.81. The second-order valence-corrected chi connectivity index (χ2v) is 11.2. The highest BCUT2D eigenvalue weighted by Crippen LogP contribution is 2.44. The van der Waals surface area contributed by atoms with Crippen molar-refractivity contribution in [1.29, 1.82) is 0 Å². The second-order valence-electron chi connectivity index (χ2n) is 6.11. The minimum Gasteiger partial charge on any atom is -0.496 e. The lowest BCUT2D eigenvalue weighted by molar-refractivity contribution is 0.417. The van der Waals surface area contributed by atoms with E-state index in [2.05, 4.69) is 43.5 Å². The summed E-state index contributed by atoms with van der Waals surface area (Å²) >= 11 is 5.14. The lowest BCUT2D eigenvalue weighted by atomic mass is 9.93. The normalized spacial score (nSPS) is 11.8. The molecule has 0 saturated heterocycles. The Morgan fingerprint density at radius 2 is 1.56 bits per heavy atom. The number of benzene rings is 4. The molecule has 6 heteroatoms. The first kappa shape index (κ1) is 18.7. The summed E-state index contributed by atoms with van der Waals surface area (Å²) in [6.07, 6.45) is 0. The molecule has 136 valence electrons. The SMILES string of the molecule is COc1ccc2cc(I)ccc2c1-c1c(S(=O)(=O)Br)ccc2ccccc12.